The van der Waals surface area contributed by atoms with Crippen LogP contribution in [-0.4, -0.2) is 123 Å². The largest absolute Gasteiger partial charge is 0.339 e. The van der Waals surface area contributed by atoms with Crippen LogP contribution in [0.1, 0.15) is 311 Å². The molecule has 5 saturated carbocycles. The minimum Gasteiger partial charge on any atom is -0.339 e. The molecule has 4 atom stereocenters. The Labute approximate surface area is 647 Å². The molecule has 32 heteroatoms. The van der Waals surface area contributed by atoms with Gasteiger partial charge >= 0.3 is 0 Å². The molecule has 12 heterocycles. The molecule has 32 nitrogen and oxygen atoms in total. The third-order valence-corrected chi connectivity index (χ3v) is 19.9. The third-order valence-electron chi connectivity index (χ3n) is 19.9. The summed E-state index contributed by atoms with van der Waals surface area (Å²) in [6.07, 6.45) is 20.5. The summed E-state index contributed by atoms with van der Waals surface area (Å²) in [5.41, 5.74) is 12.4. The Morgan fingerprint density at radius 1 is 0.384 bits per heavy atom. The van der Waals surface area contributed by atoms with E-state index in [1.54, 1.807) is 76.9 Å². The Kier molecular flexibility index (Phi) is 22.2. The second-order valence-corrected chi connectivity index (χ2v) is 31.2. The van der Waals surface area contributed by atoms with Crippen molar-refractivity contribution < 1.29 is 37.3 Å². The lowest BCUT2D eigenvalue weighted by Gasteiger charge is -2.13. The van der Waals surface area contributed by atoms with E-state index in [0.717, 1.165) is 75.0 Å². The number of amides is 4. The van der Waals surface area contributed by atoms with Crippen LogP contribution < -0.4 is 21.3 Å². The predicted molar refractivity (Wildman–Crippen MR) is 409 cm³/mol. The fraction of sp³-hybridized carbons (Fsp3) is 0.450. The molecule has 5 aliphatic carbocycles. The summed E-state index contributed by atoms with van der Waals surface area (Å²) < 4.78 is 28.1. The fourth-order valence-electron chi connectivity index (χ4n) is 12.4. The van der Waals surface area contributed by atoms with Gasteiger partial charge in [0.15, 0.2) is 0 Å². The first-order valence-electron chi connectivity index (χ1n) is 38.3. The van der Waals surface area contributed by atoms with Gasteiger partial charge in [0.05, 0.1) is 17.1 Å². The molecule has 4 amide bonds. The monoisotopic (exact) mass is 1520 g/mol. The topological polar surface area (TPSA) is 395 Å². The van der Waals surface area contributed by atoms with Crippen molar-refractivity contribution in [2.45, 2.75) is 212 Å². The molecule has 12 aromatic rings. The van der Waals surface area contributed by atoms with Crippen LogP contribution in [0.25, 0.3) is 45.6 Å². The molecule has 0 aromatic carbocycles. The second-order valence-electron chi connectivity index (χ2n) is 31.2. The number of pyridine rings is 4. The molecule has 0 aliphatic heterocycles. The molecule has 112 heavy (non-hydrogen) atoms. The first-order chi connectivity index (χ1) is 53.7. The number of hydrogen-bond donors (Lipinski definition) is 4. The molecule has 17 rings (SSSR count). The lowest BCUT2D eigenvalue weighted by atomic mass is 9.92. The first-order valence-corrected chi connectivity index (χ1v) is 38.3. The van der Waals surface area contributed by atoms with Gasteiger partial charge in [-0.25, -0.2) is 0 Å². The third kappa shape index (κ3) is 18.5. The van der Waals surface area contributed by atoms with E-state index >= 15 is 0 Å². The minimum atomic E-state index is -0.429. The van der Waals surface area contributed by atoms with E-state index in [9.17, 15) is 19.2 Å². The number of nitrogens with zero attached hydrogens (tertiary/aromatic N) is 20. The Morgan fingerprint density at radius 2 is 0.696 bits per heavy atom. The highest BCUT2D eigenvalue weighted by molar-refractivity contribution is 5.94. The van der Waals surface area contributed by atoms with Crippen LogP contribution in [0, 0.1) is 0 Å². The summed E-state index contributed by atoms with van der Waals surface area (Å²) in [5.74, 6) is 5.56. The lowest BCUT2D eigenvalue weighted by Crippen LogP contribution is -2.29. The quantitative estimate of drug-likeness (QED) is 0.0462. The maximum Gasteiger partial charge on any atom is 0.270 e. The average molecular weight is 1520 g/mol. The van der Waals surface area contributed by atoms with E-state index in [4.69, 9.17) is 18.1 Å². The highest BCUT2D eigenvalue weighted by Gasteiger charge is 2.33. The summed E-state index contributed by atoms with van der Waals surface area (Å²) in [6.45, 7) is 21.5. The number of rotatable bonds is 23. The van der Waals surface area contributed by atoms with Crippen molar-refractivity contribution in [1.29, 1.82) is 0 Å². The zero-order chi connectivity index (χ0) is 78.8. The highest BCUT2D eigenvalue weighted by atomic mass is 16.5. The SMILES string of the molecule is CC(C)c1cc(C(=O)N[C@@H](C)c2nc(-c3ccnc(C4CC4)c3)no2)n(C)n1.CC(C)n1nccc1C(=O)N[C@@H](C)c1nc(-c2ccnc(C3CC3)c2)no1.C[C@H](NC(=O)c1cc(C(C)(C)C)nn1C)c1nc(-c2ccnc(C3CC3)c2)no1.C[C@H](NC(=O)c1cc(C2CC2)nn1C)c1nc(-c2ccnc(C3CC3)c2)no1. The van der Waals surface area contributed by atoms with Crippen molar-refractivity contribution in [1.82, 2.24) is 121 Å². The van der Waals surface area contributed by atoms with Crippen molar-refractivity contribution in [3.63, 3.8) is 0 Å². The van der Waals surface area contributed by atoms with Gasteiger partial charge in [-0.05, 0) is 184 Å². The van der Waals surface area contributed by atoms with Crippen LogP contribution in [0.3, 0.4) is 0 Å². The molecule has 12 aromatic heterocycles. The van der Waals surface area contributed by atoms with Gasteiger partial charge < -0.3 is 39.4 Å². The van der Waals surface area contributed by atoms with Crippen molar-refractivity contribution in [3.8, 4) is 45.6 Å². The molecule has 5 aliphatic rings. The summed E-state index contributed by atoms with van der Waals surface area (Å²) in [6, 6.07) is 21.1. The fourth-order valence-corrected chi connectivity index (χ4v) is 12.4. The molecule has 4 N–H and O–H groups in total. The predicted octanol–water partition coefficient (Wildman–Crippen LogP) is 13.3. The van der Waals surface area contributed by atoms with Gasteiger partial charge in [-0.1, -0.05) is 55.2 Å². The van der Waals surface area contributed by atoms with E-state index < -0.39 is 24.2 Å². The number of hydrogen-bond acceptors (Lipinski definition) is 24. The van der Waals surface area contributed by atoms with Crippen LogP contribution in [0.4, 0.5) is 0 Å². The van der Waals surface area contributed by atoms with E-state index in [0.29, 0.717) is 99.2 Å². The summed E-state index contributed by atoms with van der Waals surface area (Å²) in [7, 11) is 5.31. The first kappa shape index (κ1) is 76.6. The van der Waals surface area contributed by atoms with E-state index in [2.05, 4.69) is 123 Å². The van der Waals surface area contributed by atoms with Crippen LogP contribution in [0.15, 0.2) is 122 Å². The van der Waals surface area contributed by atoms with E-state index in [1.807, 2.05) is 122 Å². The van der Waals surface area contributed by atoms with Crippen molar-refractivity contribution in [2.75, 3.05) is 0 Å². The Balaban J connectivity index is 0.000000124. The van der Waals surface area contributed by atoms with Gasteiger partial charge in [0, 0.05) is 138 Å². The average Bonchev–Trinajstić information content (AvgIpc) is 1.66. The normalized spacial score (nSPS) is 15.8. The zero-order valence-corrected chi connectivity index (χ0v) is 65.4. The van der Waals surface area contributed by atoms with E-state index in [1.165, 1.54) is 51.4 Å². The molecular formula is C80H94N24O8. The molecule has 5 fully saturated rings. The molecule has 0 bridgehead atoms. The van der Waals surface area contributed by atoms with Crippen LogP contribution >= 0.6 is 0 Å². The van der Waals surface area contributed by atoms with Crippen LogP contribution in [-0.2, 0) is 26.6 Å². The van der Waals surface area contributed by atoms with Gasteiger partial charge in [0.25, 0.3) is 23.6 Å². The van der Waals surface area contributed by atoms with Gasteiger partial charge in [0.1, 0.15) is 46.9 Å². The van der Waals surface area contributed by atoms with Crippen LogP contribution in [0.5, 0.6) is 0 Å². The Bertz CT molecular complexity index is 5180. The maximum atomic E-state index is 12.7. The Hall–Kier alpha value is -12.1. The van der Waals surface area contributed by atoms with Gasteiger partial charge in [-0.15, -0.1) is 0 Å². The number of aromatic nitrogens is 20. The van der Waals surface area contributed by atoms with Crippen molar-refractivity contribution >= 4 is 23.6 Å². The van der Waals surface area contributed by atoms with Crippen LogP contribution in [0.2, 0.25) is 0 Å². The molecule has 0 spiro atoms. The number of nitrogens with one attached hydrogen (secondary N) is 4. The maximum absolute atomic E-state index is 12.7. The Morgan fingerprint density at radius 3 is 1.01 bits per heavy atom. The number of carbonyl (C=O) groups excluding carboxylic acids is 4. The number of carbonyl (C=O) groups is 4. The molecule has 0 unspecified atom stereocenters. The molecule has 582 valence electrons. The van der Waals surface area contributed by atoms with Gasteiger partial charge in [0.2, 0.25) is 46.9 Å². The minimum absolute atomic E-state index is 0.0958. The highest BCUT2D eigenvalue weighted by Crippen LogP contribution is 2.43. The lowest BCUT2D eigenvalue weighted by molar-refractivity contribution is 0.0912. The molecule has 0 saturated heterocycles. The zero-order valence-electron chi connectivity index (χ0n) is 65.4. The smallest absolute Gasteiger partial charge is 0.270 e. The molecular weight excluding hydrogens is 1430 g/mol. The van der Waals surface area contributed by atoms with Gasteiger partial charge in [-0.2, -0.15) is 40.3 Å². The number of aryl methyl sites for hydroxylation is 3. The standard InChI is InChI=1S/C21H26N6O2.C20H22N6O2.C20H24N6O2.C19H22N6O2/c1-12(23-19(28)16-11-17(21(2,3)4)25-27(16)5)20-24-18(26-29-20)14-8-9-22-15(10-14)13-6-7-13;1-11(22-19(27)17-10-16(13-5-6-13)24-26(17)2)20-23-18(25-28-20)14-7-8-21-15(9-14)12-3-4-12;1-11(2)15-10-17(26(4)24-15)19(27)22-12(3)20-23-18(25-28-20)14-7-8-21-16(9-14)13-5-6-13;1-11(2)25-16(7-9-21-25)18(26)22-12(3)19-23-17(24-27-19)14-6-8-20-15(10-14)13-4-5-13/h8-13H,6-7H2,1-5H3,(H,23,28);7-13H,3-6H2,1-2H3,(H,22,27);7-13H,5-6H2,1-4H3,(H,22,27);6-13H,4-5H2,1-3H3,(H,22,26)/t12-;11-;2*12-/m0000/s1. The van der Waals surface area contributed by atoms with Crippen molar-refractivity contribution in [3.05, 3.63) is 190 Å². The van der Waals surface area contributed by atoms with E-state index in [-0.39, 0.29) is 41.0 Å². The summed E-state index contributed by atoms with van der Waals surface area (Å²) >= 11 is 0. The summed E-state index contributed by atoms with van der Waals surface area (Å²) in [4.78, 5) is 86.0. The second kappa shape index (κ2) is 32.4. The summed E-state index contributed by atoms with van der Waals surface area (Å²) in [5, 5.41) is 45.4. The van der Waals surface area contributed by atoms with Gasteiger partial charge in [-0.3, -0.25) is 57.8 Å². The van der Waals surface area contributed by atoms with Crippen molar-refractivity contribution in [2.24, 2.45) is 21.1 Å². The molecule has 0 radical (unpaired) electrons.